The van der Waals surface area contributed by atoms with Crippen molar-refractivity contribution in [3.05, 3.63) is 76.1 Å². The fourth-order valence-electron chi connectivity index (χ4n) is 2.43. The molecule has 5 heteroatoms. The van der Waals surface area contributed by atoms with Gasteiger partial charge in [0.15, 0.2) is 0 Å². The third kappa shape index (κ3) is 2.70. The van der Waals surface area contributed by atoms with Crippen LogP contribution < -0.4 is 10.9 Å². The van der Waals surface area contributed by atoms with Gasteiger partial charge in [0.1, 0.15) is 0 Å². The van der Waals surface area contributed by atoms with Crippen LogP contribution in [0.4, 0.5) is 5.69 Å². The standard InChI is InChI=1S/C18H13N3O2/c1-21-16-5-3-2-4-14(16)15(10-17(21)22)18(23)20-13-8-6-12(11-19)7-9-13/h2-10H,1H3,(H,20,23). The van der Waals surface area contributed by atoms with Crippen molar-refractivity contribution in [3.63, 3.8) is 0 Å². The predicted molar refractivity (Wildman–Crippen MR) is 88.3 cm³/mol. The van der Waals surface area contributed by atoms with E-state index in [2.05, 4.69) is 5.32 Å². The molecule has 1 N–H and O–H groups in total. The number of pyridine rings is 1. The number of carbonyl (C=O) groups excluding carboxylic acids is 1. The van der Waals surface area contributed by atoms with E-state index < -0.39 is 0 Å². The molecule has 0 radical (unpaired) electrons. The molecule has 3 aromatic rings. The Morgan fingerprint density at radius 1 is 1.13 bits per heavy atom. The highest BCUT2D eigenvalue weighted by Gasteiger charge is 2.13. The van der Waals surface area contributed by atoms with Gasteiger partial charge < -0.3 is 9.88 Å². The monoisotopic (exact) mass is 303 g/mol. The van der Waals surface area contributed by atoms with Crippen molar-refractivity contribution in [2.75, 3.05) is 5.32 Å². The lowest BCUT2D eigenvalue weighted by atomic mass is 10.1. The third-order valence-electron chi connectivity index (χ3n) is 3.67. The summed E-state index contributed by atoms with van der Waals surface area (Å²) in [5, 5.41) is 12.2. The highest BCUT2D eigenvalue weighted by atomic mass is 16.2. The summed E-state index contributed by atoms with van der Waals surface area (Å²) in [4.78, 5) is 24.6. The van der Waals surface area contributed by atoms with Crippen LogP contribution in [0, 0.1) is 11.3 Å². The van der Waals surface area contributed by atoms with Crippen LogP contribution in [0.3, 0.4) is 0 Å². The van der Waals surface area contributed by atoms with Gasteiger partial charge in [-0.2, -0.15) is 5.26 Å². The van der Waals surface area contributed by atoms with Gasteiger partial charge in [-0.1, -0.05) is 18.2 Å². The van der Waals surface area contributed by atoms with Crippen LogP contribution in [-0.4, -0.2) is 10.5 Å². The molecule has 23 heavy (non-hydrogen) atoms. The zero-order chi connectivity index (χ0) is 16.4. The molecule has 3 rings (SSSR count). The van der Waals surface area contributed by atoms with E-state index in [0.29, 0.717) is 27.7 Å². The van der Waals surface area contributed by atoms with Gasteiger partial charge in [0.25, 0.3) is 11.5 Å². The summed E-state index contributed by atoms with van der Waals surface area (Å²) in [5.74, 6) is -0.358. The minimum atomic E-state index is -0.358. The molecule has 0 saturated carbocycles. The van der Waals surface area contributed by atoms with E-state index in [1.165, 1.54) is 10.6 Å². The zero-order valence-electron chi connectivity index (χ0n) is 12.4. The van der Waals surface area contributed by atoms with Crippen molar-refractivity contribution in [1.82, 2.24) is 4.57 Å². The Balaban J connectivity index is 2.02. The first-order valence-electron chi connectivity index (χ1n) is 7.00. The summed E-state index contributed by atoms with van der Waals surface area (Å²) in [6.45, 7) is 0. The molecule has 0 saturated heterocycles. The number of nitriles is 1. The molecule has 0 spiro atoms. The Morgan fingerprint density at radius 2 is 1.83 bits per heavy atom. The number of fused-ring (bicyclic) bond motifs is 1. The number of amides is 1. The summed E-state index contributed by atoms with van der Waals surface area (Å²) in [6.07, 6.45) is 0. The number of para-hydroxylation sites is 1. The van der Waals surface area contributed by atoms with Gasteiger partial charge in [-0.25, -0.2) is 0 Å². The van der Waals surface area contributed by atoms with E-state index in [0.717, 1.165) is 0 Å². The quantitative estimate of drug-likeness (QED) is 0.791. The number of nitrogens with one attached hydrogen (secondary N) is 1. The predicted octanol–water partition coefficient (Wildman–Crippen LogP) is 2.66. The normalized spacial score (nSPS) is 10.3. The summed E-state index contributed by atoms with van der Waals surface area (Å²) < 4.78 is 1.51. The molecule has 1 heterocycles. The highest BCUT2D eigenvalue weighted by Crippen LogP contribution is 2.18. The molecule has 0 bridgehead atoms. The number of nitrogens with zero attached hydrogens (tertiary/aromatic N) is 2. The second kappa shape index (κ2) is 5.78. The SMILES string of the molecule is Cn1c(=O)cc(C(=O)Nc2ccc(C#N)cc2)c2ccccc21. The van der Waals surface area contributed by atoms with E-state index in [9.17, 15) is 9.59 Å². The number of aromatic nitrogens is 1. The smallest absolute Gasteiger partial charge is 0.256 e. The molecular weight excluding hydrogens is 290 g/mol. The Morgan fingerprint density at radius 3 is 2.52 bits per heavy atom. The zero-order valence-corrected chi connectivity index (χ0v) is 12.4. The van der Waals surface area contributed by atoms with Crippen LogP contribution in [0.5, 0.6) is 0 Å². The molecule has 0 unspecified atom stereocenters. The third-order valence-corrected chi connectivity index (χ3v) is 3.67. The van der Waals surface area contributed by atoms with Crippen LogP contribution in [0.15, 0.2) is 59.4 Å². The first-order valence-corrected chi connectivity index (χ1v) is 7.00. The van der Waals surface area contributed by atoms with Crippen LogP contribution in [0.25, 0.3) is 10.9 Å². The molecule has 2 aromatic carbocycles. The molecule has 112 valence electrons. The van der Waals surface area contributed by atoms with Gasteiger partial charge in [-0.15, -0.1) is 0 Å². The number of rotatable bonds is 2. The van der Waals surface area contributed by atoms with Crippen molar-refractivity contribution in [2.24, 2.45) is 7.05 Å². The minimum absolute atomic E-state index is 0.242. The van der Waals surface area contributed by atoms with E-state index in [-0.39, 0.29) is 11.5 Å². The first kappa shape index (κ1) is 14.5. The Hall–Kier alpha value is -3.39. The average molecular weight is 303 g/mol. The summed E-state index contributed by atoms with van der Waals surface area (Å²) in [7, 11) is 1.67. The fourth-order valence-corrected chi connectivity index (χ4v) is 2.43. The van der Waals surface area contributed by atoms with Gasteiger partial charge in [0, 0.05) is 24.2 Å². The van der Waals surface area contributed by atoms with Gasteiger partial charge in [-0.05, 0) is 30.3 Å². The molecule has 0 atom stereocenters. The Labute approximate surface area is 132 Å². The number of aryl methyl sites for hydroxylation is 1. The number of benzene rings is 2. The molecule has 0 aliphatic heterocycles. The van der Waals surface area contributed by atoms with Gasteiger partial charge in [0.05, 0.1) is 22.7 Å². The summed E-state index contributed by atoms with van der Waals surface area (Å²) in [5.41, 5.74) is 1.87. The lowest BCUT2D eigenvalue weighted by Gasteiger charge is -2.10. The van der Waals surface area contributed by atoms with E-state index >= 15 is 0 Å². The van der Waals surface area contributed by atoms with Crippen molar-refractivity contribution in [2.45, 2.75) is 0 Å². The van der Waals surface area contributed by atoms with Gasteiger partial charge in [-0.3, -0.25) is 9.59 Å². The number of hydrogen-bond donors (Lipinski definition) is 1. The molecule has 0 fully saturated rings. The maximum atomic E-state index is 12.5. The van der Waals surface area contributed by atoms with Crippen LogP contribution >= 0.6 is 0 Å². The maximum absolute atomic E-state index is 12.5. The van der Waals surface area contributed by atoms with Crippen molar-refractivity contribution < 1.29 is 4.79 Å². The molecule has 1 amide bonds. The second-order valence-electron chi connectivity index (χ2n) is 5.12. The summed E-state index contributed by atoms with van der Waals surface area (Å²) in [6, 6.07) is 17.2. The molecule has 5 nitrogen and oxygen atoms in total. The van der Waals surface area contributed by atoms with Crippen LogP contribution in [-0.2, 0) is 7.05 Å². The number of carbonyl (C=O) groups is 1. The van der Waals surface area contributed by atoms with E-state index in [1.54, 1.807) is 37.4 Å². The van der Waals surface area contributed by atoms with Crippen LogP contribution in [0.2, 0.25) is 0 Å². The lowest BCUT2D eigenvalue weighted by molar-refractivity contribution is 0.102. The number of hydrogen-bond acceptors (Lipinski definition) is 3. The van der Waals surface area contributed by atoms with Crippen molar-refractivity contribution in [3.8, 4) is 6.07 Å². The average Bonchev–Trinajstić information content (AvgIpc) is 2.58. The van der Waals surface area contributed by atoms with E-state index in [4.69, 9.17) is 5.26 Å². The van der Waals surface area contributed by atoms with E-state index in [1.807, 2.05) is 24.3 Å². The van der Waals surface area contributed by atoms with Crippen molar-refractivity contribution in [1.29, 1.82) is 5.26 Å². The Bertz CT molecular complexity index is 995. The molecule has 1 aromatic heterocycles. The topological polar surface area (TPSA) is 74.9 Å². The summed E-state index contributed by atoms with van der Waals surface area (Å²) >= 11 is 0. The maximum Gasteiger partial charge on any atom is 0.256 e. The first-order chi connectivity index (χ1) is 11.1. The minimum Gasteiger partial charge on any atom is -0.322 e. The lowest BCUT2D eigenvalue weighted by Crippen LogP contribution is -2.21. The fraction of sp³-hybridized carbons (Fsp3) is 0.0556. The van der Waals surface area contributed by atoms with Gasteiger partial charge >= 0.3 is 0 Å². The highest BCUT2D eigenvalue weighted by molar-refractivity contribution is 6.12. The molecule has 0 aliphatic carbocycles. The Kier molecular flexibility index (Phi) is 3.65. The van der Waals surface area contributed by atoms with Crippen LogP contribution in [0.1, 0.15) is 15.9 Å². The second-order valence-corrected chi connectivity index (χ2v) is 5.12. The molecular formula is C18H13N3O2. The molecule has 0 aliphatic rings. The van der Waals surface area contributed by atoms with Gasteiger partial charge in [0.2, 0.25) is 0 Å². The largest absolute Gasteiger partial charge is 0.322 e. The number of anilines is 1. The van der Waals surface area contributed by atoms with Crippen molar-refractivity contribution >= 4 is 22.5 Å².